The molecule has 94 valence electrons. The van der Waals surface area contributed by atoms with E-state index in [9.17, 15) is 9.18 Å². The summed E-state index contributed by atoms with van der Waals surface area (Å²) in [5, 5.41) is 2.57. The van der Waals surface area contributed by atoms with Gasteiger partial charge in [0.2, 0.25) is 0 Å². The maximum absolute atomic E-state index is 13.5. The van der Waals surface area contributed by atoms with Crippen molar-refractivity contribution in [1.29, 1.82) is 0 Å². The first-order valence-electron chi connectivity index (χ1n) is 5.30. The first kappa shape index (κ1) is 14.3. The summed E-state index contributed by atoms with van der Waals surface area (Å²) < 4.78 is 13.5. The molecule has 2 atom stereocenters. The molecule has 1 aromatic carbocycles. The van der Waals surface area contributed by atoms with E-state index in [1.54, 1.807) is 0 Å². The number of carbonyl (C=O) groups is 1. The van der Waals surface area contributed by atoms with Gasteiger partial charge in [-0.1, -0.05) is 17.7 Å². The van der Waals surface area contributed by atoms with Crippen LogP contribution in [-0.4, -0.2) is 17.3 Å². The second-order valence-electron chi connectivity index (χ2n) is 3.99. The van der Waals surface area contributed by atoms with E-state index in [2.05, 4.69) is 5.32 Å². The summed E-state index contributed by atoms with van der Waals surface area (Å²) in [5.74, 6) is -1.17. The zero-order valence-corrected chi connectivity index (χ0v) is 11.1. The highest BCUT2D eigenvalue weighted by Gasteiger charge is 2.16. The van der Waals surface area contributed by atoms with Crippen LogP contribution in [0.3, 0.4) is 0 Å². The standard InChI is InChI=1S/C12H14Cl2FNO/c1-7(13)6-8(2)16-12(17)9-4-3-5-10(14)11(9)15/h3-5,7-8H,6H2,1-2H3,(H,16,17). The lowest BCUT2D eigenvalue weighted by molar-refractivity contribution is 0.0934. The molecule has 0 aliphatic rings. The van der Waals surface area contributed by atoms with Crippen molar-refractivity contribution in [3.63, 3.8) is 0 Å². The Labute approximate surface area is 110 Å². The molecular formula is C12H14Cl2FNO. The number of carbonyl (C=O) groups excluding carboxylic acids is 1. The van der Waals surface area contributed by atoms with Gasteiger partial charge >= 0.3 is 0 Å². The Balaban J connectivity index is 2.73. The third-order valence-electron chi connectivity index (χ3n) is 2.25. The fourth-order valence-corrected chi connectivity index (χ4v) is 1.97. The lowest BCUT2D eigenvalue weighted by atomic mass is 10.1. The molecule has 0 fully saturated rings. The fourth-order valence-electron chi connectivity index (χ4n) is 1.53. The molecule has 2 unspecified atom stereocenters. The number of hydrogen-bond donors (Lipinski definition) is 1. The highest BCUT2D eigenvalue weighted by atomic mass is 35.5. The largest absolute Gasteiger partial charge is 0.349 e. The quantitative estimate of drug-likeness (QED) is 0.837. The van der Waals surface area contributed by atoms with Gasteiger partial charge in [-0.2, -0.15) is 0 Å². The van der Waals surface area contributed by atoms with Gasteiger partial charge in [0.15, 0.2) is 5.82 Å². The summed E-state index contributed by atoms with van der Waals surface area (Å²) in [6.45, 7) is 3.66. The number of rotatable bonds is 4. The second kappa shape index (κ2) is 6.22. The molecule has 5 heteroatoms. The van der Waals surface area contributed by atoms with Crippen LogP contribution in [0.4, 0.5) is 4.39 Å². The molecule has 2 nitrogen and oxygen atoms in total. The smallest absolute Gasteiger partial charge is 0.254 e. The van der Waals surface area contributed by atoms with Crippen LogP contribution < -0.4 is 5.32 Å². The molecule has 0 spiro atoms. The van der Waals surface area contributed by atoms with Gasteiger partial charge in [0.1, 0.15) is 0 Å². The molecule has 0 saturated heterocycles. The van der Waals surface area contributed by atoms with Gasteiger partial charge in [0.05, 0.1) is 10.6 Å². The van der Waals surface area contributed by atoms with Crippen molar-refractivity contribution in [2.24, 2.45) is 0 Å². The van der Waals surface area contributed by atoms with E-state index in [-0.39, 0.29) is 22.0 Å². The maximum Gasteiger partial charge on any atom is 0.254 e. The molecule has 1 N–H and O–H groups in total. The van der Waals surface area contributed by atoms with Gasteiger partial charge in [0, 0.05) is 11.4 Å². The second-order valence-corrected chi connectivity index (χ2v) is 5.14. The van der Waals surface area contributed by atoms with Gasteiger partial charge < -0.3 is 5.32 Å². The Morgan fingerprint density at radius 2 is 2.12 bits per heavy atom. The molecule has 0 aromatic heterocycles. The number of halogens is 3. The van der Waals surface area contributed by atoms with Crippen molar-refractivity contribution < 1.29 is 9.18 Å². The van der Waals surface area contributed by atoms with E-state index < -0.39 is 11.7 Å². The van der Waals surface area contributed by atoms with Crippen LogP contribution in [0, 0.1) is 5.82 Å². The first-order valence-corrected chi connectivity index (χ1v) is 6.12. The van der Waals surface area contributed by atoms with Crippen molar-refractivity contribution in [2.45, 2.75) is 31.7 Å². The van der Waals surface area contributed by atoms with Crippen molar-refractivity contribution in [3.8, 4) is 0 Å². The van der Waals surface area contributed by atoms with Crippen molar-refractivity contribution in [3.05, 3.63) is 34.6 Å². The third-order valence-corrected chi connectivity index (χ3v) is 2.72. The molecule has 1 aromatic rings. The molecule has 0 radical (unpaired) electrons. The minimum atomic E-state index is -0.696. The summed E-state index contributed by atoms with van der Waals surface area (Å²) in [6.07, 6.45) is 0.621. The van der Waals surface area contributed by atoms with Crippen LogP contribution in [0.5, 0.6) is 0 Å². The zero-order chi connectivity index (χ0) is 13.0. The summed E-state index contributed by atoms with van der Waals surface area (Å²) in [7, 11) is 0. The van der Waals surface area contributed by atoms with Crippen molar-refractivity contribution in [2.75, 3.05) is 0 Å². The third kappa shape index (κ3) is 4.17. The monoisotopic (exact) mass is 277 g/mol. The van der Waals surface area contributed by atoms with Crippen LogP contribution >= 0.6 is 23.2 Å². The number of benzene rings is 1. The summed E-state index contributed by atoms with van der Waals surface area (Å²) in [5.41, 5.74) is -0.0495. The number of nitrogens with one attached hydrogen (secondary N) is 1. The van der Waals surface area contributed by atoms with E-state index in [1.165, 1.54) is 18.2 Å². The molecule has 17 heavy (non-hydrogen) atoms. The average Bonchev–Trinajstić information content (AvgIpc) is 2.20. The van der Waals surface area contributed by atoms with E-state index >= 15 is 0 Å². The Morgan fingerprint density at radius 3 is 2.71 bits per heavy atom. The fraction of sp³-hybridized carbons (Fsp3) is 0.417. The van der Waals surface area contributed by atoms with Gasteiger partial charge in [-0.15, -0.1) is 11.6 Å². The lowest BCUT2D eigenvalue weighted by Gasteiger charge is -2.15. The van der Waals surface area contributed by atoms with E-state index in [4.69, 9.17) is 23.2 Å². The van der Waals surface area contributed by atoms with Crippen molar-refractivity contribution >= 4 is 29.1 Å². The van der Waals surface area contributed by atoms with Crippen LogP contribution in [0.2, 0.25) is 5.02 Å². The Hall–Kier alpha value is -0.800. The van der Waals surface area contributed by atoms with Gasteiger partial charge in [-0.25, -0.2) is 4.39 Å². The Bertz CT molecular complexity index is 409. The molecule has 1 amide bonds. The summed E-state index contributed by atoms with van der Waals surface area (Å²) in [4.78, 5) is 11.8. The Kier molecular flexibility index (Phi) is 5.22. The maximum atomic E-state index is 13.5. The van der Waals surface area contributed by atoms with E-state index in [1.807, 2.05) is 13.8 Å². The van der Waals surface area contributed by atoms with E-state index in [0.29, 0.717) is 6.42 Å². The molecule has 0 aliphatic carbocycles. The minimum Gasteiger partial charge on any atom is -0.349 e. The molecule has 0 bridgehead atoms. The highest BCUT2D eigenvalue weighted by molar-refractivity contribution is 6.31. The summed E-state index contributed by atoms with van der Waals surface area (Å²) in [6, 6.07) is 4.22. The van der Waals surface area contributed by atoms with Crippen LogP contribution in [0.1, 0.15) is 30.6 Å². The molecular weight excluding hydrogens is 264 g/mol. The Morgan fingerprint density at radius 1 is 1.47 bits per heavy atom. The zero-order valence-electron chi connectivity index (χ0n) is 9.64. The molecule has 0 saturated carbocycles. The lowest BCUT2D eigenvalue weighted by Crippen LogP contribution is -2.34. The van der Waals surface area contributed by atoms with Crippen molar-refractivity contribution in [1.82, 2.24) is 5.32 Å². The van der Waals surface area contributed by atoms with Crippen LogP contribution in [0.25, 0.3) is 0 Å². The van der Waals surface area contributed by atoms with Gasteiger partial charge in [-0.05, 0) is 32.4 Å². The predicted molar refractivity (Wildman–Crippen MR) is 68.3 cm³/mol. The van der Waals surface area contributed by atoms with Crippen LogP contribution in [0.15, 0.2) is 18.2 Å². The van der Waals surface area contributed by atoms with E-state index in [0.717, 1.165) is 0 Å². The predicted octanol–water partition coefficient (Wildman–Crippen LogP) is 3.61. The normalized spacial score (nSPS) is 14.2. The van der Waals surface area contributed by atoms with Gasteiger partial charge in [-0.3, -0.25) is 4.79 Å². The SMILES string of the molecule is CC(Cl)CC(C)NC(=O)c1cccc(Cl)c1F. The molecule has 0 heterocycles. The average molecular weight is 278 g/mol. The number of amides is 1. The number of alkyl halides is 1. The molecule has 0 aliphatic heterocycles. The first-order chi connectivity index (χ1) is 7.91. The minimum absolute atomic E-state index is 0.0468. The summed E-state index contributed by atoms with van der Waals surface area (Å²) >= 11 is 11.4. The molecule has 1 rings (SSSR count). The topological polar surface area (TPSA) is 29.1 Å². The number of hydrogen-bond acceptors (Lipinski definition) is 1. The van der Waals surface area contributed by atoms with Crippen LogP contribution in [-0.2, 0) is 0 Å². The van der Waals surface area contributed by atoms with Gasteiger partial charge in [0.25, 0.3) is 5.91 Å². The highest BCUT2D eigenvalue weighted by Crippen LogP contribution is 2.18.